The second kappa shape index (κ2) is 8.14. The predicted octanol–water partition coefficient (Wildman–Crippen LogP) is 5.77. The van der Waals surface area contributed by atoms with E-state index < -0.39 is 0 Å². The molecule has 0 heterocycles. The molecule has 0 aromatic rings. The molecule has 0 aliphatic heterocycles. The molecule has 4 unspecified atom stereocenters. The van der Waals surface area contributed by atoms with Crippen molar-refractivity contribution in [1.29, 1.82) is 0 Å². The molecular formula is C16H34. The van der Waals surface area contributed by atoms with E-state index in [1.807, 2.05) is 0 Å². The predicted molar refractivity (Wildman–Crippen MR) is 75.6 cm³/mol. The summed E-state index contributed by atoms with van der Waals surface area (Å²) in [5, 5.41) is 0. The van der Waals surface area contributed by atoms with Crippen LogP contribution in [0.2, 0.25) is 0 Å². The van der Waals surface area contributed by atoms with Crippen molar-refractivity contribution in [3.8, 4) is 0 Å². The molecule has 0 nitrogen and oxygen atoms in total. The van der Waals surface area contributed by atoms with Gasteiger partial charge >= 0.3 is 0 Å². The van der Waals surface area contributed by atoms with Crippen LogP contribution in [0.1, 0.15) is 74.1 Å². The summed E-state index contributed by atoms with van der Waals surface area (Å²) < 4.78 is 0. The average Bonchev–Trinajstić information content (AvgIpc) is 2.26. The Bertz CT molecular complexity index is 159. The second-order valence-electron chi connectivity index (χ2n) is 6.15. The molecule has 0 N–H and O–H groups in total. The summed E-state index contributed by atoms with van der Waals surface area (Å²) in [4.78, 5) is 0. The summed E-state index contributed by atoms with van der Waals surface area (Å²) in [7, 11) is 0. The van der Waals surface area contributed by atoms with Crippen LogP contribution in [-0.2, 0) is 0 Å². The van der Waals surface area contributed by atoms with E-state index in [0.717, 1.165) is 29.6 Å². The van der Waals surface area contributed by atoms with Crippen LogP contribution in [0.5, 0.6) is 0 Å². The standard InChI is InChI=1S/C16H34/c1-8-10-11-13(5)15(7)16(9-2)14(6)12(3)4/h12-16H,8-11H2,1-7H3. The maximum atomic E-state index is 2.48. The van der Waals surface area contributed by atoms with Gasteiger partial charge in [0.05, 0.1) is 0 Å². The number of hydrogen-bond acceptors (Lipinski definition) is 0. The second-order valence-corrected chi connectivity index (χ2v) is 6.15. The molecule has 98 valence electrons. The molecule has 0 radical (unpaired) electrons. The summed E-state index contributed by atoms with van der Waals surface area (Å²) in [5.41, 5.74) is 0. The lowest BCUT2D eigenvalue weighted by molar-refractivity contribution is 0.148. The van der Waals surface area contributed by atoms with Gasteiger partial charge in [-0.15, -0.1) is 0 Å². The van der Waals surface area contributed by atoms with Crippen molar-refractivity contribution in [3.63, 3.8) is 0 Å². The minimum atomic E-state index is 0.825. The molecule has 0 amide bonds. The fourth-order valence-electron chi connectivity index (χ4n) is 2.93. The maximum absolute atomic E-state index is 2.48. The van der Waals surface area contributed by atoms with Crippen LogP contribution < -0.4 is 0 Å². The number of rotatable bonds is 8. The van der Waals surface area contributed by atoms with Crippen molar-refractivity contribution in [2.24, 2.45) is 29.6 Å². The van der Waals surface area contributed by atoms with E-state index in [9.17, 15) is 0 Å². The van der Waals surface area contributed by atoms with Crippen LogP contribution in [0.25, 0.3) is 0 Å². The molecule has 0 heteroatoms. The molecule has 4 atom stereocenters. The Labute approximate surface area is 104 Å². The maximum Gasteiger partial charge on any atom is -0.0360 e. The Morgan fingerprint density at radius 1 is 0.812 bits per heavy atom. The molecule has 0 aliphatic rings. The van der Waals surface area contributed by atoms with Gasteiger partial charge in [-0.1, -0.05) is 74.1 Å². The molecule has 0 spiro atoms. The average molecular weight is 226 g/mol. The normalized spacial score (nSPS) is 19.5. The molecule has 0 aliphatic carbocycles. The first-order chi connectivity index (χ1) is 7.45. The van der Waals surface area contributed by atoms with Crippen LogP contribution in [-0.4, -0.2) is 0 Å². The van der Waals surface area contributed by atoms with Crippen LogP contribution in [0, 0.1) is 29.6 Å². The zero-order valence-electron chi connectivity index (χ0n) is 12.7. The van der Waals surface area contributed by atoms with Gasteiger partial charge in [0.25, 0.3) is 0 Å². The van der Waals surface area contributed by atoms with Crippen LogP contribution in [0.15, 0.2) is 0 Å². The zero-order chi connectivity index (χ0) is 12.7. The molecule has 0 aromatic carbocycles. The molecule has 0 saturated carbocycles. The van der Waals surface area contributed by atoms with Crippen molar-refractivity contribution >= 4 is 0 Å². The molecule has 0 rings (SSSR count). The van der Waals surface area contributed by atoms with Crippen molar-refractivity contribution in [2.45, 2.75) is 74.1 Å². The van der Waals surface area contributed by atoms with Crippen molar-refractivity contribution in [2.75, 3.05) is 0 Å². The van der Waals surface area contributed by atoms with Gasteiger partial charge in [-0.2, -0.15) is 0 Å². The lowest BCUT2D eigenvalue weighted by Gasteiger charge is -2.34. The topological polar surface area (TPSA) is 0 Å². The zero-order valence-corrected chi connectivity index (χ0v) is 12.7. The fourth-order valence-corrected chi connectivity index (χ4v) is 2.93. The van der Waals surface area contributed by atoms with E-state index in [1.54, 1.807) is 0 Å². The number of hydrogen-bond donors (Lipinski definition) is 0. The molecule has 0 aromatic heterocycles. The Morgan fingerprint density at radius 3 is 1.75 bits per heavy atom. The third kappa shape index (κ3) is 4.89. The van der Waals surface area contributed by atoms with E-state index in [4.69, 9.17) is 0 Å². The molecular weight excluding hydrogens is 192 g/mol. The third-order valence-electron chi connectivity index (χ3n) is 4.78. The summed E-state index contributed by atoms with van der Waals surface area (Å²) in [6, 6.07) is 0. The van der Waals surface area contributed by atoms with Gasteiger partial charge in [-0.25, -0.2) is 0 Å². The highest BCUT2D eigenvalue weighted by molar-refractivity contribution is 4.76. The minimum absolute atomic E-state index is 0.825. The Hall–Kier alpha value is 0. The SMILES string of the molecule is CCCCC(C)C(C)C(CC)C(C)C(C)C. The summed E-state index contributed by atoms with van der Waals surface area (Å²) in [5.74, 6) is 4.38. The van der Waals surface area contributed by atoms with Gasteiger partial charge in [-0.05, 0) is 29.6 Å². The van der Waals surface area contributed by atoms with Gasteiger partial charge in [0.15, 0.2) is 0 Å². The van der Waals surface area contributed by atoms with Crippen LogP contribution in [0.3, 0.4) is 0 Å². The van der Waals surface area contributed by atoms with E-state index in [0.29, 0.717) is 0 Å². The lowest BCUT2D eigenvalue weighted by atomic mass is 9.71. The molecule has 0 saturated heterocycles. The quantitative estimate of drug-likeness (QED) is 0.493. The summed E-state index contributed by atoms with van der Waals surface area (Å²) in [6.07, 6.45) is 5.50. The minimum Gasteiger partial charge on any atom is -0.0654 e. The molecule has 0 fully saturated rings. The first-order valence-corrected chi connectivity index (χ1v) is 7.45. The van der Waals surface area contributed by atoms with Crippen molar-refractivity contribution in [3.05, 3.63) is 0 Å². The van der Waals surface area contributed by atoms with E-state index in [-0.39, 0.29) is 0 Å². The van der Waals surface area contributed by atoms with Gasteiger partial charge in [0.2, 0.25) is 0 Å². The van der Waals surface area contributed by atoms with E-state index in [2.05, 4.69) is 48.5 Å². The first-order valence-electron chi connectivity index (χ1n) is 7.45. The van der Waals surface area contributed by atoms with Gasteiger partial charge in [0, 0.05) is 0 Å². The summed E-state index contributed by atoms with van der Waals surface area (Å²) >= 11 is 0. The Kier molecular flexibility index (Phi) is 8.14. The van der Waals surface area contributed by atoms with Gasteiger partial charge < -0.3 is 0 Å². The van der Waals surface area contributed by atoms with Gasteiger partial charge in [-0.3, -0.25) is 0 Å². The van der Waals surface area contributed by atoms with Crippen molar-refractivity contribution < 1.29 is 0 Å². The van der Waals surface area contributed by atoms with Gasteiger partial charge in [0.1, 0.15) is 0 Å². The first kappa shape index (κ1) is 16.0. The largest absolute Gasteiger partial charge is 0.0654 e. The van der Waals surface area contributed by atoms with E-state index in [1.165, 1.54) is 25.7 Å². The molecule has 16 heavy (non-hydrogen) atoms. The Morgan fingerprint density at radius 2 is 1.38 bits per heavy atom. The highest BCUT2D eigenvalue weighted by atomic mass is 14.3. The molecule has 0 bridgehead atoms. The fraction of sp³-hybridized carbons (Fsp3) is 1.00. The lowest BCUT2D eigenvalue weighted by Crippen LogP contribution is -2.27. The third-order valence-corrected chi connectivity index (χ3v) is 4.78. The number of unbranched alkanes of at least 4 members (excludes halogenated alkanes) is 1. The van der Waals surface area contributed by atoms with Crippen LogP contribution >= 0.6 is 0 Å². The Balaban J connectivity index is 4.33. The highest BCUT2D eigenvalue weighted by Gasteiger charge is 2.27. The van der Waals surface area contributed by atoms with E-state index >= 15 is 0 Å². The summed E-state index contributed by atoms with van der Waals surface area (Å²) in [6.45, 7) is 16.8. The smallest absolute Gasteiger partial charge is 0.0360 e. The highest BCUT2D eigenvalue weighted by Crippen LogP contribution is 2.35. The van der Waals surface area contributed by atoms with Crippen molar-refractivity contribution in [1.82, 2.24) is 0 Å². The monoisotopic (exact) mass is 226 g/mol. The van der Waals surface area contributed by atoms with Crippen LogP contribution in [0.4, 0.5) is 0 Å².